The normalized spacial score (nSPS) is 10.4. The lowest BCUT2D eigenvalue weighted by atomic mass is 10.2. The highest BCUT2D eigenvalue weighted by molar-refractivity contribution is 7.19. The van der Waals surface area contributed by atoms with Gasteiger partial charge in [-0.1, -0.05) is 17.7 Å². The largest absolute Gasteiger partial charge is 0.497 e. The van der Waals surface area contributed by atoms with Crippen molar-refractivity contribution in [2.75, 3.05) is 12.4 Å². The topological polar surface area (TPSA) is 84.1 Å². The molecule has 2 heterocycles. The molecule has 0 radical (unpaired) electrons. The first kappa shape index (κ1) is 16.2. The fourth-order valence-electron chi connectivity index (χ4n) is 2.06. The van der Waals surface area contributed by atoms with Crippen molar-refractivity contribution in [3.63, 3.8) is 0 Å². The Morgan fingerprint density at radius 2 is 2.12 bits per heavy atom. The van der Waals surface area contributed by atoms with Crippen LogP contribution in [0.3, 0.4) is 0 Å². The second-order valence-corrected chi connectivity index (χ2v) is 6.49. The Hall–Kier alpha value is -2.64. The predicted molar refractivity (Wildman–Crippen MR) is 94.1 cm³/mol. The fourth-order valence-corrected chi connectivity index (χ4v) is 3.08. The number of anilines is 1. The molecule has 24 heavy (non-hydrogen) atoms. The van der Waals surface area contributed by atoms with E-state index in [1.165, 1.54) is 24.5 Å². The lowest BCUT2D eigenvalue weighted by Gasteiger charge is -2.07. The van der Waals surface area contributed by atoms with Gasteiger partial charge in [-0.3, -0.25) is 4.79 Å². The van der Waals surface area contributed by atoms with E-state index < -0.39 is 11.6 Å². The van der Waals surface area contributed by atoms with Crippen LogP contribution in [0.15, 0.2) is 47.3 Å². The number of aromatic nitrogens is 2. The van der Waals surface area contributed by atoms with Crippen LogP contribution in [-0.2, 0) is 0 Å². The van der Waals surface area contributed by atoms with Crippen LogP contribution in [-0.4, -0.2) is 23.0 Å². The molecule has 3 rings (SSSR count). The first-order chi connectivity index (χ1) is 11.5. The summed E-state index contributed by atoms with van der Waals surface area (Å²) in [4.78, 5) is 31.2. The Morgan fingerprint density at radius 3 is 2.83 bits per heavy atom. The van der Waals surface area contributed by atoms with E-state index in [-0.39, 0.29) is 5.69 Å². The van der Waals surface area contributed by atoms with Gasteiger partial charge in [0.05, 0.1) is 22.0 Å². The summed E-state index contributed by atoms with van der Waals surface area (Å²) in [5.74, 6) is 0.124. The molecule has 0 bridgehead atoms. The minimum atomic E-state index is -0.604. The number of nitrogens with one attached hydrogen (secondary N) is 2. The average Bonchev–Trinajstić information content (AvgIpc) is 3.01. The molecule has 0 aliphatic heterocycles. The minimum absolute atomic E-state index is 0.0149. The molecule has 2 N–H and O–H groups in total. The van der Waals surface area contributed by atoms with Gasteiger partial charge in [-0.05, 0) is 30.3 Å². The van der Waals surface area contributed by atoms with Gasteiger partial charge in [0.1, 0.15) is 11.4 Å². The number of hydrogen-bond acceptors (Lipinski definition) is 5. The van der Waals surface area contributed by atoms with Crippen molar-refractivity contribution in [3.8, 4) is 16.3 Å². The third kappa shape index (κ3) is 3.64. The van der Waals surface area contributed by atoms with Crippen LogP contribution < -0.4 is 15.7 Å². The first-order valence-corrected chi connectivity index (χ1v) is 8.07. The first-order valence-electron chi connectivity index (χ1n) is 6.87. The molecule has 122 valence electrons. The van der Waals surface area contributed by atoms with Gasteiger partial charge in [0.25, 0.3) is 5.91 Å². The van der Waals surface area contributed by atoms with E-state index in [4.69, 9.17) is 16.3 Å². The number of hydrogen-bond donors (Lipinski definition) is 2. The van der Waals surface area contributed by atoms with Gasteiger partial charge < -0.3 is 15.0 Å². The minimum Gasteiger partial charge on any atom is -0.497 e. The number of methoxy groups -OCH3 is 1. The van der Waals surface area contributed by atoms with Crippen molar-refractivity contribution >= 4 is 34.5 Å². The number of nitrogens with zero attached hydrogens (tertiary/aromatic N) is 1. The molecule has 0 fully saturated rings. The molecular weight excluding hydrogens is 350 g/mol. The lowest BCUT2D eigenvalue weighted by Crippen LogP contribution is -2.21. The quantitative estimate of drug-likeness (QED) is 0.745. The number of thiophene rings is 1. The van der Waals surface area contributed by atoms with Crippen LogP contribution in [0.2, 0.25) is 4.34 Å². The molecule has 0 saturated heterocycles. The molecule has 0 atom stereocenters. The maximum absolute atomic E-state index is 12.4. The molecule has 2 aromatic heterocycles. The average molecular weight is 362 g/mol. The van der Waals surface area contributed by atoms with Crippen LogP contribution in [0.5, 0.6) is 5.75 Å². The van der Waals surface area contributed by atoms with Crippen molar-refractivity contribution in [2.24, 2.45) is 0 Å². The zero-order valence-corrected chi connectivity index (χ0v) is 14.1. The smallest absolute Gasteiger partial charge is 0.346 e. The summed E-state index contributed by atoms with van der Waals surface area (Å²) in [6.45, 7) is 0. The number of H-pyrrole nitrogens is 1. The molecule has 6 nitrogen and oxygen atoms in total. The summed E-state index contributed by atoms with van der Waals surface area (Å²) in [6.07, 6.45) is 0. The number of benzene rings is 1. The summed E-state index contributed by atoms with van der Waals surface area (Å²) in [6, 6.07) is 11.9. The monoisotopic (exact) mass is 361 g/mol. The van der Waals surface area contributed by atoms with E-state index in [9.17, 15) is 9.59 Å². The molecular formula is C16H12ClN3O3S. The van der Waals surface area contributed by atoms with Gasteiger partial charge >= 0.3 is 5.69 Å². The molecule has 8 heteroatoms. The van der Waals surface area contributed by atoms with Gasteiger partial charge in [0.2, 0.25) is 0 Å². The predicted octanol–water partition coefficient (Wildman–Crippen LogP) is 3.41. The van der Waals surface area contributed by atoms with Crippen molar-refractivity contribution in [2.45, 2.75) is 0 Å². The SMILES string of the molecule is COc1cccc(NC(=O)c2cc(-c3ccc(Cl)s3)[nH]c(=O)n2)c1. The number of amides is 1. The second-order valence-electron chi connectivity index (χ2n) is 4.78. The molecule has 1 aromatic carbocycles. The highest BCUT2D eigenvalue weighted by atomic mass is 35.5. The summed E-state index contributed by atoms with van der Waals surface area (Å²) < 4.78 is 5.70. The summed E-state index contributed by atoms with van der Waals surface area (Å²) >= 11 is 7.21. The Bertz CT molecular complexity index is 951. The van der Waals surface area contributed by atoms with Gasteiger partial charge in [0.15, 0.2) is 0 Å². The Kier molecular flexibility index (Phi) is 4.64. The molecule has 0 spiro atoms. The van der Waals surface area contributed by atoms with Crippen LogP contribution in [0.1, 0.15) is 10.5 Å². The van der Waals surface area contributed by atoms with Gasteiger partial charge in [-0.25, -0.2) is 4.79 Å². The molecule has 0 aliphatic rings. The highest BCUT2D eigenvalue weighted by Crippen LogP contribution is 2.29. The lowest BCUT2D eigenvalue weighted by molar-refractivity contribution is 0.102. The number of halogens is 1. The Morgan fingerprint density at radius 1 is 1.29 bits per heavy atom. The van der Waals surface area contributed by atoms with E-state index >= 15 is 0 Å². The third-order valence-corrected chi connectivity index (χ3v) is 4.41. The van der Waals surface area contributed by atoms with Crippen molar-refractivity contribution < 1.29 is 9.53 Å². The number of aromatic amines is 1. The van der Waals surface area contributed by atoms with Crippen LogP contribution in [0.25, 0.3) is 10.6 Å². The molecule has 3 aromatic rings. The Labute approximate surface area is 146 Å². The van der Waals surface area contributed by atoms with E-state index in [2.05, 4.69) is 15.3 Å². The second kappa shape index (κ2) is 6.86. The van der Waals surface area contributed by atoms with E-state index in [0.717, 1.165) is 4.88 Å². The van der Waals surface area contributed by atoms with Crippen LogP contribution >= 0.6 is 22.9 Å². The van der Waals surface area contributed by atoms with Gasteiger partial charge in [-0.2, -0.15) is 4.98 Å². The summed E-state index contributed by atoms with van der Waals surface area (Å²) in [7, 11) is 1.54. The van der Waals surface area contributed by atoms with Crippen molar-refractivity contribution in [3.05, 3.63) is 63.0 Å². The third-order valence-electron chi connectivity index (χ3n) is 3.14. The zero-order chi connectivity index (χ0) is 17.1. The van der Waals surface area contributed by atoms with Gasteiger partial charge in [-0.15, -0.1) is 11.3 Å². The highest BCUT2D eigenvalue weighted by Gasteiger charge is 2.13. The van der Waals surface area contributed by atoms with Crippen molar-refractivity contribution in [1.29, 1.82) is 0 Å². The number of rotatable bonds is 4. The Balaban J connectivity index is 1.89. The van der Waals surface area contributed by atoms with E-state index in [1.807, 2.05) is 0 Å². The molecule has 1 amide bonds. The number of carbonyl (C=O) groups excluding carboxylic acids is 1. The maximum Gasteiger partial charge on any atom is 0.346 e. The fraction of sp³-hybridized carbons (Fsp3) is 0.0625. The number of ether oxygens (including phenoxy) is 1. The molecule has 0 saturated carbocycles. The van der Waals surface area contributed by atoms with Crippen molar-refractivity contribution in [1.82, 2.24) is 9.97 Å². The summed E-state index contributed by atoms with van der Waals surface area (Å²) in [5, 5.41) is 2.69. The van der Waals surface area contributed by atoms with Crippen LogP contribution in [0, 0.1) is 0 Å². The molecule has 0 aliphatic carbocycles. The maximum atomic E-state index is 12.4. The van der Waals surface area contributed by atoms with E-state index in [0.29, 0.717) is 21.5 Å². The number of carbonyl (C=O) groups is 1. The zero-order valence-electron chi connectivity index (χ0n) is 12.5. The molecule has 0 unspecified atom stereocenters. The van der Waals surface area contributed by atoms with Crippen LogP contribution in [0.4, 0.5) is 5.69 Å². The standard InChI is InChI=1S/C16H12ClN3O3S/c1-23-10-4-2-3-9(7-10)18-15(21)12-8-11(19-16(22)20-12)13-5-6-14(17)24-13/h2-8H,1H3,(H,18,21)(H,19,20,22). The van der Waals surface area contributed by atoms with E-state index in [1.54, 1.807) is 36.4 Å². The van der Waals surface area contributed by atoms with Gasteiger partial charge in [0, 0.05) is 11.8 Å². The summed E-state index contributed by atoms with van der Waals surface area (Å²) in [5.41, 5.74) is 0.443.